The minimum Gasteiger partial charge on any atom is -0.380 e. The number of piperidine rings is 2. The number of nitrogens with zero attached hydrogens (tertiary/aromatic N) is 4. The topological polar surface area (TPSA) is 206 Å². The highest BCUT2D eigenvalue weighted by atomic mass is 32.1. The molecule has 2 aliphatic heterocycles. The van der Waals surface area contributed by atoms with E-state index in [-0.39, 0.29) is 29.7 Å². The van der Waals surface area contributed by atoms with Gasteiger partial charge in [-0.15, -0.1) is 22.7 Å². The number of H-pyrrole nitrogens is 2. The van der Waals surface area contributed by atoms with Gasteiger partial charge in [0, 0.05) is 47.8 Å². The average Bonchev–Trinajstić information content (AvgIpc) is 3.99. The standard InChI is InChI=1S/C35H38N10O4S2/c46-28(24-4-2-10-50-24)32-42-26-22(5-8-38-30(26)44-32)34(48)40-14-18-11-19(15-37-13-18)20-12-25(51-17-20)29(47)33-43-27-23(6-9-39-31(27)45-33)35(49)41-21-3-1-7-36-16-21/h2,4-6,8-10,12,17-19,21,28-29,36-37,46-47H,1,3,7,11,13-16H2,(H,40,48)(H,41,49)(H,38,42,44)(H,39,43,45). The second kappa shape index (κ2) is 14.6. The Labute approximate surface area is 300 Å². The molecule has 51 heavy (non-hydrogen) atoms. The van der Waals surface area contributed by atoms with Crippen LogP contribution in [0.1, 0.15) is 85.1 Å². The number of imidazole rings is 2. The van der Waals surface area contributed by atoms with Gasteiger partial charge in [0.15, 0.2) is 11.3 Å². The summed E-state index contributed by atoms with van der Waals surface area (Å²) in [7, 11) is 0. The van der Waals surface area contributed by atoms with E-state index >= 15 is 0 Å². The van der Waals surface area contributed by atoms with E-state index in [1.807, 2.05) is 23.6 Å². The van der Waals surface area contributed by atoms with Gasteiger partial charge in [-0.05, 0) is 84.8 Å². The molecule has 6 aromatic rings. The number of amides is 2. The molecular formula is C35H38N10O4S2. The molecule has 0 spiro atoms. The minimum atomic E-state index is -1.00. The van der Waals surface area contributed by atoms with E-state index in [2.05, 4.69) is 56.6 Å². The van der Waals surface area contributed by atoms with Gasteiger partial charge in [-0.3, -0.25) is 9.59 Å². The third-order valence-electron chi connectivity index (χ3n) is 9.65. The largest absolute Gasteiger partial charge is 0.380 e. The summed E-state index contributed by atoms with van der Waals surface area (Å²) in [5, 5.41) is 39.1. The molecule has 16 heteroatoms. The monoisotopic (exact) mass is 726 g/mol. The lowest BCUT2D eigenvalue weighted by molar-refractivity contribution is 0.0928. The van der Waals surface area contributed by atoms with Crippen molar-refractivity contribution in [3.8, 4) is 0 Å². The predicted molar refractivity (Wildman–Crippen MR) is 194 cm³/mol. The summed E-state index contributed by atoms with van der Waals surface area (Å²) in [6, 6.07) is 9.10. The first-order chi connectivity index (χ1) is 24.9. The summed E-state index contributed by atoms with van der Waals surface area (Å²) in [5.41, 5.74) is 3.73. The van der Waals surface area contributed by atoms with Crippen LogP contribution in [-0.2, 0) is 0 Å². The Morgan fingerprint density at radius 3 is 2.29 bits per heavy atom. The quantitative estimate of drug-likeness (QED) is 0.104. The Morgan fingerprint density at radius 1 is 0.882 bits per heavy atom. The maximum absolute atomic E-state index is 13.4. The number of hydrogen-bond donors (Lipinski definition) is 8. The van der Waals surface area contributed by atoms with Crippen LogP contribution in [0.25, 0.3) is 22.3 Å². The number of pyridine rings is 2. The second-order valence-electron chi connectivity index (χ2n) is 13.1. The van der Waals surface area contributed by atoms with Crippen molar-refractivity contribution in [1.29, 1.82) is 0 Å². The summed E-state index contributed by atoms with van der Waals surface area (Å²) < 4.78 is 0. The first-order valence-corrected chi connectivity index (χ1v) is 18.8. The Hall–Kier alpha value is -4.58. The maximum atomic E-state index is 13.4. The van der Waals surface area contributed by atoms with Crippen molar-refractivity contribution in [2.45, 2.75) is 43.4 Å². The molecule has 5 atom stereocenters. The minimum absolute atomic E-state index is 0.0673. The number of hydrogen-bond acceptors (Lipinski definition) is 12. The van der Waals surface area contributed by atoms with E-state index in [9.17, 15) is 19.8 Å². The van der Waals surface area contributed by atoms with Crippen LogP contribution in [0.15, 0.2) is 53.5 Å². The number of aliphatic hydroxyl groups excluding tert-OH is 2. The maximum Gasteiger partial charge on any atom is 0.253 e. The fourth-order valence-electron chi connectivity index (χ4n) is 6.95. The highest BCUT2D eigenvalue weighted by Gasteiger charge is 2.28. The first-order valence-electron chi connectivity index (χ1n) is 17.1. The van der Waals surface area contributed by atoms with Crippen LogP contribution in [-0.4, -0.2) is 90.7 Å². The molecule has 6 aromatic heterocycles. The number of nitrogens with one attached hydrogen (secondary N) is 6. The predicted octanol–water partition coefficient (Wildman–Crippen LogP) is 3.12. The Balaban J connectivity index is 0.905. The van der Waals surface area contributed by atoms with Crippen molar-refractivity contribution >= 4 is 56.8 Å². The van der Waals surface area contributed by atoms with Crippen molar-refractivity contribution in [1.82, 2.24) is 51.2 Å². The van der Waals surface area contributed by atoms with Crippen LogP contribution >= 0.6 is 22.7 Å². The van der Waals surface area contributed by atoms with E-state index in [1.165, 1.54) is 22.7 Å². The highest BCUT2D eigenvalue weighted by molar-refractivity contribution is 7.10. The van der Waals surface area contributed by atoms with Crippen LogP contribution in [0.2, 0.25) is 0 Å². The van der Waals surface area contributed by atoms with Gasteiger partial charge in [0.1, 0.15) is 23.9 Å². The number of aliphatic hydroxyl groups is 2. The molecule has 2 aliphatic rings. The molecule has 0 aliphatic carbocycles. The summed E-state index contributed by atoms with van der Waals surface area (Å²) in [6.07, 6.45) is 3.98. The molecule has 8 heterocycles. The molecule has 2 fully saturated rings. The first kappa shape index (κ1) is 33.6. The van der Waals surface area contributed by atoms with Gasteiger partial charge in [0.25, 0.3) is 11.8 Å². The van der Waals surface area contributed by atoms with Crippen molar-refractivity contribution in [2.75, 3.05) is 32.7 Å². The Kier molecular flexibility index (Phi) is 9.59. The summed E-state index contributed by atoms with van der Waals surface area (Å²) in [6.45, 7) is 3.73. The zero-order chi connectivity index (χ0) is 34.9. The summed E-state index contributed by atoms with van der Waals surface area (Å²) >= 11 is 2.89. The van der Waals surface area contributed by atoms with Crippen LogP contribution < -0.4 is 21.3 Å². The van der Waals surface area contributed by atoms with Crippen molar-refractivity contribution in [2.24, 2.45) is 5.92 Å². The van der Waals surface area contributed by atoms with Crippen molar-refractivity contribution < 1.29 is 19.8 Å². The van der Waals surface area contributed by atoms with Gasteiger partial charge < -0.3 is 41.4 Å². The number of aromatic nitrogens is 6. The van der Waals surface area contributed by atoms with Crippen LogP contribution in [0, 0.1) is 5.92 Å². The number of rotatable bonds is 10. The highest BCUT2D eigenvalue weighted by Crippen LogP contribution is 2.34. The molecule has 0 radical (unpaired) electrons. The third kappa shape index (κ3) is 7.02. The molecule has 0 saturated carbocycles. The number of thiophene rings is 2. The van der Waals surface area contributed by atoms with Gasteiger partial charge in [0.05, 0.1) is 22.2 Å². The van der Waals surface area contributed by atoms with Crippen molar-refractivity contribution in [3.05, 3.63) is 91.6 Å². The van der Waals surface area contributed by atoms with Crippen molar-refractivity contribution in [3.63, 3.8) is 0 Å². The van der Waals surface area contributed by atoms with E-state index in [0.29, 0.717) is 51.6 Å². The number of aromatic amines is 2. The third-order valence-corrected chi connectivity index (χ3v) is 11.6. The molecule has 264 valence electrons. The van der Waals surface area contributed by atoms with E-state index < -0.39 is 12.2 Å². The molecule has 8 rings (SSSR count). The number of carbonyl (C=O) groups excluding carboxylic acids is 2. The number of fused-ring (bicyclic) bond motifs is 2. The van der Waals surface area contributed by atoms with Crippen LogP contribution in [0.5, 0.6) is 0 Å². The molecular weight excluding hydrogens is 689 g/mol. The fourth-order valence-corrected chi connectivity index (χ4v) is 8.64. The van der Waals surface area contributed by atoms with Gasteiger partial charge in [-0.1, -0.05) is 6.07 Å². The zero-order valence-electron chi connectivity index (χ0n) is 27.6. The lowest BCUT2D eigenvalue weighted by Gasteiger charge is -2.30. The molecule has 0 bridgehead atoms. The van der Waals surface area contributed by atoms with Crippen LogP contribution in [0.3, 0.4) is 0 Å². The number of carbonyl (C=O) groups is 2. The summed E-state index contributed by atoms with van der Waals surface area (Å²) in [5.74, 6) is 0.635. The van der Waals surface area contributed by atoms with Crippen LogP contribution in [0.4, 0.5) is 0 Å². The molecule has 8 N–H and O–H groups in total. The second-order valence-corrected chi connectivity index (χ2v) is 15.1. The summed E-state index contributed by atoms with van der Waals surface area (Å²) in [4.78, 5) is 51.9. The molecule has 0 aromatic carbocycles. The van der Waals surface area contributed by atoms with E-state index in [4.69, 9.17) is 0 Å². The van der Waals surface area contributed by atoms with E-state index in [0.717, 1.165) is 60.8 Å². The van der Waals surface area contributed by atoms with Gasteiger partial charge >= 0.3 is 0 Å². The normalized spacial score (nSPS) is 20.7. The lowest BCUT2D eigenvalue weighted by atomic mass is 9.86. The fraction of sp³-hybridized carbons (Fsp3) is 0.371. The molecule has 2 saturated heterocycles. The Bertz CT molecular complexity index is 2160. The van der Waals surface area contributed by atoms with E-state index in [1.54, 1.807) is 24.5 Å². The lowest BCUT2D eigenvalue weighted by Crippen LogP contribution is -2.45. The van der Waals surface area contributed by atoms with Gasteiger partial charge in [-0.2, -0.15) is 0 Å². The smallest absolute Gasteiger partial charge is 0.253 e. The average molecular weight is 727 g/mol. The Morgan fingerprint density at radius 2 is 1.61 bits per heavy atom. The molecule has 2 amide bonds. The molecule has 5 unspecified atom stereocenters. The van der Waals surface area contributed by atoms with Gasteiger partial charge in [-0.25, -0.2) is 19.9 Å². The molecule has 14 nitrogen and oxygen atoms in total. The van der Waals surface area contributed by atoms with Gasteiger partial charge in [0.2, 0.25) is 0 Å². The SMILES string of the molecule is O=C(NCC1CNCC(c2csc(C(O)c3nc4nccc(C(=O)NC5CCCNC5)c4[nH]3)c2)C1)c1ccnc2nc(C(O)c3cccs3)[nH]c12. The zero-order valence-corrected chi connectivity index (χ0v) is 29.2.